The van der Waals surface area contributed by atoms with Crippen molar-refractivity contribution in [2.24, 2.45) is 0 Å². The summed E-state index contributed by atoms with van der Waals surface area (Å²) in [6.07, 6.45) is 1.03. The van der Waals surface area contributed by atoms with E-state index in [1.54, 1.807) is 18.2 Å². The lowest BCUT2D eigenvalue weighted by Gasteiger charge is -2.36. The van der Waals surface area contributed by atoms with Gasteiger partial charge in [-0.25, -0.2) is 9.18 Å². The van der Waals surface area contributed by atoms with Gasteiger partial charge in [-0.15, -0.1) is 0 Å². The van der Waals surface area contributed by atoms with Crippen molar-refractivity contribution in [1.29, 1.82) is 0 Å². The number of anilines is 1. The van der Waals surface area contributed by atoms with Crippen LogP contribution in [0.15, 0.2) is 51.7 Å². The maximum atomic E-state index is 13.0. The number of aromatic nitrogens is 1. The van der Waals surface area contributed by atoms with Crippen molar-refractivity contribution in [3.63, 3.8) is 0 Å². The highest BCUT2D eigenvalue weighted by atomic mass is 19.1. The number of H-pyrrole nitrogens is 1. The number of amides is 1. The largest absolute Gasteiger partial charge is 0.417 e. The topological polar surface area (TPSA) is 69.5 Å². The molecule has 0 saturated carbocycles. The van der Waals surface area contributed by atoms with Crippen LogP contribution < -0.4 is 10.7 Å². The first-order valence-corrected chi connectivity index (χ1v) is 8.98. The van der Waals surface area contributed by atoms with Gasteiger partial charge in [0.15, 0.2) is 5.58 Å². The van der Waals surface area contributed by atoms with Gasteiger partial charge in [-0.2, -0.15) is 0 Å². The lowest BCUT2D eigenvalue weighted by atomic mass is 10.1. The van der Waals surface area contributed by atoms with E-state index in [0.29, 0.717) is 37.0 Å². The van der Waals surface area contributed by atoms with Crippen molar-refractivity contribution < 1.29 is 13.6 Å². The molecule has 2 heterocycles. The minimum atomic E-state index is -0.475. The predicted molar refractivity (Wildman–Crippen MR) is 100 cm³/mol. The fourth-order valence-corrected chi connectivity index (χ4v) is 3.43. The molecule has 140 valence electrons. The summed E-state index contributed by atoms with van der Waals surface area (Å²) in [5.74, 6) is -0.600. The third-order valence-electron chi connectivity index (χ3n) is 4.94. The number of rotatable bonds is 4. The molecule has 1 aliphatic heterocycles. The van der Waals surface area contributed by atoms with Crippen molar-refractivity contribution in [3.05, 3.63) is 64.4 Å². The van der Waals surface area contributed by atoms with Crippen LogP contribution >= 0.6 is 0 Å². The van der Waals surface area contributed by atoms with E-state index in [0.717, 1.165) is 24.3 Å². The molecule has 27 heavy (non-hydrogen) atoms. The van der Waals surface area contributed by atoms with Crippen LogP contribution in [0.3, 0.4) is 0 Å². The molecule has 7 heteroatoms. The lowest BCUT2D eigenvalue weighted by molar-refractivity contribution is -0.131. The molecule has 2 aromatic carbocycles. The van der Waals surface area contributed by atoms with E-state index in [1.807, 2.05) is 17.0 Å². The molecule has 0 spiro atoms. The number of carbonyl (C=O) groups excluding carboxylic acids is 1. The van der Waals surface area contributed by atoms with Crippen LogP contribution in [0, 0.1) is 5.82 Å². The quantitative estimate of drug-likeness (QED) is 0.767. The van der Waals surface area contributed by atoms with Crippen LogP contribution in [0.25, 0.3) is 11.1 Å². The molecule has 0 radical (unpaired) electrons. The first-order valence-electron chi connectivity index (χ1n) is 8.98. The van der Waals surface area contributed by atoms with Gasteiger partial charge in [-0.3, -0.25) is 9.78 Å². The van der Waals surface area contributed by atoms with Gasteiger partial charge in [0.1, 0.15) is 5.82 Å². The predicted octanol–water partition coefficient (Wildman–Crippen LogP) is 2.54. The van der Waals surface area contributed by atoms with Crippen molar-refractivity contribution in [2.45, 2.75) is 12.8 Å². The molecule has 0 atom stereocenters. The summed E-state index contributed by atoms with van der Waals surface area (Å²) in [6, 6.07) is 11.9. The smallest absolute Gasteiger partial charge is 0.408 e. The number of nitrogens with zero attached hydrogens (tertiary/aromatic N) is 2. The number of nitrogens with one attached hydrogen (secondary N) is 1. The number of aryl methyl sites for hydroxylation is 1. The average molecular weight is 369 g/mol. The zero-order chi connectivity index (χ0) is 18.8. The number of fused-ring (bicyclic) bond motifs is 1. The number of piperazine rings is 1. The van der Waals surface area contributed by atoms with Gasteiger partial charge in [-0.05, 0) is 48.4 Å². The van der Waals surface area contributed by atoms with Crippen molar-refractivity contribution >= 4 is 22.7 Å². The Morgan fingerprint density at radius 3 is 2.56 bits per heavy atom. The van der Waals surface area contributed by atoms with Gasteiger partial charge in [-0.1, -0.05) is 6.07 Å². The normalized spacial score (nSPS) is 14.7. The van der Waals surface area contributed by atoms with Crippen molar-refractivity contribution in [3.8, 4) is 0 Å². The van der Waals surface area contributed by atoms with E-state index in [2.05, 4.69) is 9.88 Å². The summed E-state index contributed by atoms with van der Waals surface area (Å²) in [7, 11) is 0. The second-order valence-electron chi connectivity index (χ2n) is 6.69. The van der Waals surface area contributed by atoms with Crippen molar-refractivity contribution in [2.75, 3.05) is 31.1 Å². The minimum Gasteiger partial charge on any atom is -0.408 e. The molecule has 1 fully saturated rings. The number of benzene rings is 2. The summed E-state index contributed by atoms with van der Waals surface area (Å²) in [4.78, 5) is 30.4. The summed E-state index contributed by atoms with van der Waals surface area (Å²) in [5.41, 5.74) is 3.13. The maximum absolute atomic E-state index is 13.0. The highest BCUT2D eigenvalue weighted by Gasteiger charge is 2.21. The monoisotopic (exact) mass is 369 g/mol. The highest BCUT2D eigenvalue weighted by Crippen LogP contribution is 2.18. The molecule has 0 aliphatic carbocycles. The Bertz CT molecular complexity index is 1000. The number of oxazole rings is 1. The molecular weight excluding hydrogens is 349 g/mol. The molecular formula is C20H20FN3O3. The molecule has 0 unspecified atom stereocenters. The number of hydrogen-bond donors (Lipinski definition) is 1. The number of aromatic amines is 1. The Morgan fingerprint density at radius 1 is 1.07 bits per heavy atom. The SMILES string of the molecule is O=C(CCc1ccc2oc(=O)[nH]c2c1)N1CCN(c2ccc(F)cc2)CC1. The Labute approximate surface area is 155 Å². The van der Waals surface area contributed by atoms with Crippen LogP contribution in [0.4, 0.5) is 10.1 Å². The van der Waals surface area contributed by atoms with Gasteiger partial charge in [0.2, 0.25) is 5.91 Å². The number of hydrogen-bond acceptors (Lipinski definition) is 4. The van der Waals surface area contributed by atoms with E-state index in [-0.39, 0.29) is 11.7 Å². The molecule has 1 N–H and O–H groups in total. The van der Waals surface area contributed by atoms with Gasteiger partial charge in [0, 0.05) is 38.3 Å². The molecule has 4 rings (SSSR count). The van der Waals surface area contributed by atoms with E-state index >= 15 is 0 Å². The first-order chi connectivity index (χ1) is 13.1. The summed E-state index contributed by atoms with van der Waals surface area (Å²) < 4.78 is 18.0. The van der Waals surface area contributed by atoms with Gasteiger partial charge >= 0.3 is 5.76 Å². The Balaban J connectivity index is 1.31. The fourth-order valence-electron chi connectivity index (χ4n) is 3.43. The standard InChI is InChI=1S/C20H20FN3O3/c21-15-3-5-16(6-4-15)23-9-11-24(12-10-23)19(25)8-2-14-1-7-18-17(13-14)22-20(26)27-18/h1,3-7,13H,2,8-12H2,(H,22,26). The third kappa shape index (κ3) is 3.86. The fraction of sp³-hybridized carbons (Fsp3) is 0.300. The minimum absolute atomic E-state index is 0.120. The van der Waals surface area contributed by atoms with E-state index in [9.17, 15) is 14.0 Å². The molecule has 1 aliphatic rings. The molecule has 0 bridgehead atoms. The zero-order valence-corrected chi connectivity index (χ0v) is 14.8. The van der Waals surface area contributed by atoms with Crippen LogP contribution in [-0.2, 0) is 11.2 Å². The van der Waals surface area contributed by atoms with Crippen LogP contribution in [0.1, 0.15) is 12.0 Å². The highest BCUT2D eigenvalue weighted by molar-refractivity contribution is 5.77. The Kier molecular flexibility index (Phi) is 4.66. The number of carbonyl (C=O) groups is 1. The van der Waals surface area contributed by atoms with Crippen LogP contribution in [0.2, 0.25) is 0 Å². The molecule has 3 aromatic rings. The van der Waals surface area contributed by atoms with Gasteiger partial charge < -0.3 is 14.2 Å². The summed E-state index contributed by atoms with van der Waals surface area (Å²) >= 11 is 0. The summed E-state index contributed by atoms with van der Waals surface area (Å²) in [6.45, 7) is 2.79. The second-order valence-corrected chi connectivity index (χ2v) is 6.69. The van der Waals surface area contributed by atoms with E-state index < -0.39 is 5.76 Å². The molecule has 6 nitrogen and oxygen atoms in total. The summed E-state index contributed by atoms with van der Waals surface area (Å²) in [5, 5.41) is 0. The Hall–Kier alpha value is -3.09. The molecule has 1 saturated heterocycles. The van der Waals surface area contributed by atoms with Gasteiger partial charge in [0.25, 0.3) is 0 Å². The molecule has 1 aromatic heterocycles. The van der Waals surface area contributed by atoms with Crippen LogP contribution in [-0.4, -0.2) is 42.0 Å². The van der Waals surface area contributed by atoms with Crippen molar-refractivity contribution in [1.82, 2.24) is 9.88 Å². The average Bonchev–Trinajstić information content (AvgIpc) is 3.06. The first kappa shape index (κ1) is 17.3. The molecule has 1 amide bonds. The number of halogens is 1. The third-order valence-corrected chi connectivity index (χ3v) is 4.94. The van der Waals surface area contributed by atoms with Gasteiger partial charge in [0.05, 0.1) is 5.52 Å². The zero-order valence-electron chi connectivity index (χ0n) is 14.8. The maximum Gasteiger partial charge on any atom is 0.417 e. The second kappa shape index (κ2) is 7.26. The van der Waals surface area contributed by atoms with E-state index in [4.69, 9.17) is 4.42 Å². The Morgan fingerprint density at radius 2 is 1.81 bits per heavy atom. The van der Waals surface area contributed by atoms with E-state index in [1.165, 1.54) is 12.1 Å². The lowest BCUT2D eigenvalue weighted by Crippen LogP contribution is -2.48. The van der Waals surface area contributed by atoms with Crippen LogP contribution in [0.5, 0.6) is 0 Å².